The number of hydrogen-bond acceptors (Lipinski definition) is 1. The molecular weight excluding hydrogens is 212 g/mol. The van der Waals surface area contributed by atoms with Crippen LogP contribution in [0.2, 0.25) is 0 Å². The van der Waals surface area contributed by atoms with Gasteiger partial charge in [-0.2, -0.15) is 0 Å². The summed E-state index contributed by atoms with van der Waals surface area (Å²) < 4.78 is 0. The van der Waals surface area contributed by atoms with E-state index >= 15 is 0 Å². The van der Waals surface area contributed by atoms with Crippen LogP contribution in [-0.2, 0) is 4.79 Å². The molecule has 0 amide bonds. The lowest BCUT2D eigenvalue weighted by Gasteiger charge is -2.35. The van der Waals surface area contributed by atoms with Gasteiger partial charge in [-0.3, -0.25) is 4.79 Å². The summed E-state index contributed by atoms with van der Waals surface area (Å²) >= 11 is 0. The molecule has 0 rings (SSSR count). The molecule has 0 aliphatic heterocycles. The zero-order valence-corrected chi connectivity index (χ0v) is 12.1. The van der Waals surface area contributed by atoms with Crippen molar-refractivity contribution in [2.75, 3.05) is 0 Å². The quantitative estimate of drug-likeness (QED) is 0.555. The minimum Gasteiger partial charge on any atom is -0.481 e. The molecule has 102 valence electrons. The lowest BCUT2D eigenvalue weighted by molar-refractivity contribution is -0.139. The van der Waals surface area contributed by atoms with Gasteiger partial charge in [-0.1, -0.05) is 59.8 Å². The molecule has 1 N–H and O–H groups in total. The number of aliphatic carboxylic acids is 1. The summed E-state index contributed by atoms with van der Waals surface area (Å²) in [6.07, 6.45) is 8.80. The van der Waals surface area contributed by atoms with Crippen LogP contribution in [0.15, 0.2) is 0 Å². The van der Waals surface area contributed by atoms with E-state index in [1.165, 1.54) is 44.9 Å². The Morgan fingerprint density at radius 3 is 2.12 bits per heavy atom. The maximum absolute atomic E-state index is 10.9. The van der Waals surface area contributed by atoms with E-state index < -0.39 is 5.97 Å². The van der Waals surface area contributed by atoms with Crippen LogP contribution in [0.3, 0.4) is 0 Å². The fourth-order valence-corrected chi connectivity index (χ4v) is 2.49. The second kappa shape index (κ2) is 8.54. The minimum absolute atomic E-state index is 0.212. The SMILES string of the molecule is CCCCCC(C)(CCCC)C(C)CC(=O)O. The van der Waals surface area contributed by atoms with Gasteiger partial charge in [0.05, 0.1) is 0 Å². The van der Waals surface area contributed by atoms with Crippen molar-refractivity contribution in [2.45, 2.75) is 79.1 Å². The van der Waals surface area contributed by atoms with Crippen molar-refractivity contribution in [3.8, 4) is 0 Å². The average molecular weight is 242 g/mol. The summed E-state index contributed by atoms with van der Waals surface area (Å²) in [5.41, 5.74) is 0.212. The van der Waals surface area contributed by atoms with Crippen LogP contribution in [0.4, 0.5) is 0 Å². The Morgan fingerprint density at radius 2 is 1.65 bits per heavy atom. The molecule has 2 heteroatoms. The van der Waals surface area contributed by atoms with Gasteiger partial charge in [-0.25, -0.2) is 0 Å². The van der Waals surface area contributed by atoms with Gasteiger partial charge >= 0.3 is 5.97 Å². The van der Waals surface area contributed by atoms with Gasteiger partial charge in [0, 0.05) is 6.42 Å². The molecule has 0 spiro atoms. The Morgan fingerprint density at radius 1 is 1.12 bits per heavy atom. The summed E-state index contributed by atoms with van der Waals surface area (Å²) in [5, 5.41) is 8.94. The van der Waals surface area contributed by atoms with E-state index in [-0.39, 0.29) is 11.3 Å². The predicted molar refractivity (Wildman–Crippen MR) is 73.2 cm³/mol. The third kappa shape index (κ3) is 6.70. The number of rotatable bonds is 10. The van der Waals surface area contributed by atoms with Gasteiger partial charge in [0.1, 0.15) is 0 Å². The third-order valence-corrected chi connectivity index (χ3v) is 4.12. The standard InChI is InChI=1S/C15H30O2/c1-5-7-9-11-15(4,10-8-6-2)13(3)12-14(16)17/h13H,5-12H2,1-4H3,(H,16,17). The van der Waals surface area contributed by atoms with Crippen LogP contribution in [-0.4, -0.2) is 11.1 Å². The molecule has 0 saturated heterocycles. The lowest BCUT2D eigenvalue weighted by atomic mass is 9.69. The van der Waals surface area contributed by atoms with E-state index in [1.807, 2.05) is 0 Å². The highest BCUT2D eigenvalue weighted by Gasteiger charge is 2.31. The molecule has 2 unspecified atom stereocenters. The summed E-state index contributed by atoms with van der Waals surface area (Å²) in [5.74, 6) is -0.376. The van der Waals surface area contributed by atoms with Crippen molar-refractivity contribution in [1.82, 2.24) is 0 Å². The fourth-order valence-electron chi connectivity index (χ4n) is 2.49. The van der Waals surface area contributed by atoms with Crippen molar-refractivity contribution >= 4 is 5.97 Å². The molecular formula is C15H30O2. The Bertz CT molecular complexity index is 213. The van der Waals surface area contributed by atoms with Crippen LogP contribution >= 0.6 is 0 Å². The third-order valence-electron chi connectivity index (χ3n) is 4.12. The highest BCUT2D eigenvalue weighted by Crippen LogP contribution is 2.40. The normalized spacial score (nSPS) is 16.5. The first-order valence-electron chi connectivity index (χ1n) is 7.18. The van der Waals surface area contributed by atoms with Gasteiger partial charge in [-0.05, 0) is 24.2 Å². The molecule has 0 aliphatic rings. The van der Waals surface area contributed by atoms with Gasteiger partial charge < -0.3 is 5.11 Å². The average Bonchev–Trinajstić information content (AvgIpc) is 2.26. The number of carboxylic acids is 1. The van der Waals surface area contributed by atoms with Crippen molar-refractivity contribution in [3.63, 3.8) is 0 Å². The molecule has 2 atom stereocenters. The number of unbranched alkanes of at least 4 members (excludes halogenated alkanes) is 3. The van der Waals surface area contributed by atoms with Crippen molar-refractivity contribution in [2.24, 2.45) is 11.3 Å². The zero-order valence-electron chi connectivity index (χ0n) is 12.1. The van der Waals surface area contributed by atoms with Crippen LogP contribution in [0.1, 0.15) is 79.1 Å². The van der Waals surface area contributed by atoms with Crippen LogP contribution in [0.5, 0.6) is 0 Å². The molecule has 2 nitrogen and oxygen atoms in total. The van der Waals surface area contributed by atoms with E-state index in [0.29, 0.717) is 6.42 Å². The van der Waals surface area contributed by atoms with E-state index in [2.05, 4.69) is 27.7 Å². The molecule has 0 aromatic heterocycles. The molecule has 17 heavy (non-hydrogen) atoms. The van der Waals surface area contributed by atoms with Crippen LogP contribution in [0.25, 0.3) is 0 Å². The van der Waals surface area contributed by atoms with Gasteiger partial charge in [-0.15, -0.1) is 0 Å². The molecule has 0 bridgehead atoms. The topological polar surface area (TPSA) is 37.3 Å². The van der Waals surface area contributed by atoms with Crippen molar-refractivity contribution < 1.29 is 9.90 Å². The molecule has 0 radical (unpaired) electrons. The largest absolute Gasteiger partial charge is 0.481 e. The Kier molecular flexibility index (Phi) is 8.28. The fraction of sp³-hybridized carbons (Fsp3) is 0.933. The maximum atomic E-state index is 10.9. The van der Waals surface area contributed by atoms with E-state index in [1.54, 1.807) is 0 Å². The van der Waals surface area contributed by atoms with Gasteiger partial charge in [0.25, 0.3) is 0 Å². The number of hydrogen-bond donors (Lipinski definition) is 1. The van der Waals surface area contributed by atoms with Crippen molar-refractivity contribution in [1.29, 1.82) is 0 Å². The number of carboxylic acid groups (broad SMARTS) is 1. The molecule has 0 aromatic rings. The van der Waals surface area contributed by atoms with E-state index in [4.69, 9.17) is 5.11 Å². The Hall–Kier alpha value is -0.530. The lowest BCUT2D eigenvalue weighted by Crippen LogP contribution is -2.27. The van der Waals surface area contributed by atoms with Crippen molar-refractivity contribution in [3.05, 3.63) is 0 Å². The Balaban J connectivity index is 4.40. The molecule has 0 aromatic carbocycles. The Labute approximate surface area is 107 Å². The predicted octanol–water partition coefficient (Wildman–Crippen LogP) is 4.87. The maximum Gasteiger partial charge on any atom is 0.303 e. The summed E-state index contributed by atoms with van der Waals surface area (Å²) in [6.45, 7) is 8.81. The smallest absolute Gasteiger partial charge is 0.303 e. The summed E-state index contributed by atoms with van der Waals surface area (Å²) in [7, 11) is 0. The van der Waals surface area contributed by atoms with Crippen LogP contribution in [0, 0.1) is 11.3 Å². The van der Waals surface area contributed by atoms with Gasteiger partial charge in [0.15, 0.2) is 0 Å². The second-order valence-electron chi connectivity index (χ2n) is 5.71. The van der Waals surface area contributed by atoms with E-state index in [0.717, 1.165) is 0 Å². The minimum atomic E-state index is -0.657. The molecule has 0 fully saturated rings. The van der Waals surface area contributed by atoms with Gasteiger partial charge in [0.2, 0.25) is 0 Å². The molecule has 0 aliphatic carbocycles. The monoisotopic (exact) mass is 242 g/mol. The van der Waals surface area contributed by atoms with Crippen LogP contribution < -0.4 is 0 Å². The molecule has 0 heterocycles. The second-order valence-corrected chi connectivity index (χ2v) is 5.71. The first-order valence-corrected chi connectivity index (χ1v) is 7.18. The highest BCUT2D eigenvalue weighted by molar-refractivity contribution is 5.67. The van der Waals surface area contributed by atoms with E-state index in [9.17, 15) is 4.79 Å². The first-order chi connectivity index (χ1) is 7.96. The first kappa shape index (κ1) is 16.5. The zero-order chi connectivity index (χ0) is 13.3. The number of carbonyl (C=O) groups is 1. The summed E-state index contributed by atoms with van der Waals surface area (Å²) in [4.78, 5) is 10.9. The highest BCUT2D eigenvalue weighted by atomic mass is 16.4. The summed E-state index contributed by atoms with van der Waals surface area (Å²) in [6, 6.07) is 0. The molecule has 0 saturated carbocycles.